The van der Waals surface area contributed by atoms with Crippen molar-refractivity contribution in [2.24, 2.45) is 0 Å². The number of rotatable bonds is 3. The van der Waals surface area contributed by atoms with Gasteiger partial charge >= 0.3 is 0 Å². The van der Waals surface area contributed by atoms with Crippen molar-refractivity contribution in [2.45, 2.75) is 11.8 Å². The highest BCUT2D eigenvalue weighted by Gasteiger charge is 2.09. The number of thioether (sulfide) groups is 1. The number of hydrogen-bond donors (Lipinski definition) is 1. The predicted molar refractivity (Wildman–Crippen MR) is 75.7 cm³/mol. The third-order valence-corrected chi connectivity index (χ3v) is 3.68. The lowest BCUT2D eigenvalue weighted by atomic mass is 10.2. The van der Waals surface area contributed by atoms with Crippen LogP contribution in [0.2, 0.25) is 0 Å². The summed E-state index contributed by atoms with van der Waals surface area (Å²) < 4.78 is 0. The molecule has 0 aliphatic carbocycles. The average Bonchev–Trinajstić information content (AvgIpc) is 2.83. The van der Waals surface area contributed by atoms with Gasteiger partial charge in [0.05, 0.1) is 11.7 Å². The molecule has 0 fully saturated rings. The van der Waals surface area contributed by atoms with Crippen LogP contribution in [0.4, 0.5) is 0 Å². The maximum absolute atomic E-state index is 4.59. The topological polar surface area (TPSA) is 41.6 Å². The minimum Gasteiger partial charge on any atom is -0.338 e. The molecule has 3 aromatic rings. The first kappa shape index (κ1) is 11.3. The van der Waals surface area contributed by atoms with E-state index in [1.54, 1.807) is 12.4 Å². The van der Waals surface area contributed by atoms with E-state index in [2.05, 4.69) is 40.1 Å². The zero-order valence-corrected chi connectivity index (χ0v) is 10.9. The molecule has 3 rings (SSSR count). The van der Waals surface area contributed by atoms with Gasteiger partial charge in [-0.15, -0.1) is 11.8 Å². The fraction of sp³-hybridized carbons (Fsp3) is 0.143. The van der Waals surface area contributed by atoms with E-state index in [-0.39, 0.29) is 0 Å². The van der Waals surface area contributed by atoms with Crippen LogP contribution in [-0.2, 0) is 0 Å². The number of imidazole rings is 1. The molecule has 1 aromatic carbocycles. The molecular weight excluding hydrogens is 242 g/mol. The Bertz CT molecular complexity index is 642. The summed E-state index contributed by atoms with van der Waals surface area (Å²) in [5, 5.41) is 0. The Balaban J connectivity index is 2.13. The van der Waals surface area contributed by atoms with Crippen LogP contribution in [0.3, 0.4) is 0 Å². The molecule has 0 unspecified atom stereocenters. The molecule has 90 valence electrons. The average molecular weight is 255 g/mol. The molecule has 0 aliphatic rings. The van der Waals surface area contributed by atoms with E-state index in [0.717, 1.165) is 28.2 Å². The molecule has 18 heavy (non-hydrogen) atoms. The monoisotopic (exact) mass is 255 g/mol. The first-order valence-electron chi connectivity index (χ1n) is 5.90. The first-order valence-corrected chi connectivity index (χ1v) is 6.89. The van der Waals surface area contributed by atoms with Crippen LogP contribution >= 0.6 is 11.8 Å². The fourth-order valence-corrected chi connectivity index (χ4v) is 2.73. The van der Waals surface area contributed by atoms with Gasteiger partial charge in [0.2, 0.25) is 0 Å². The second kappa shape index (κ2) is 4.82. The summed E-state index contributed by atoms with van der Waals surface area (Å²) in [7, 11) is 0. The van der Waals surface area contributed by atoms with E-state index in [9.17, 15) is 0 Å². The summed E-state index contributed by atoms with van der Waals surface area (Å²) in [6, 6.07) is 10.3. The first-order chi connectivity index (χ1) is 8.88. The van der Waals surface area contributed by atoms with Crippen molar-refractivity contribution < 1.29 is 0 Å². The normalized spacial score (nSPS) is 10.9. The van der Waals surface area contributed by atoms with Crippen molar-refractivity contribution in [1.29, 1.82) is 0 Å². The summed E-state index contributed by atoms with van der Waals surface area (Å²) >= 11 is 1.83. The maximum atomic E-state index is 4.59. The molecule has 0 amide bonds. The Morgan fingerprint density at radius 2 is 2.11 bits per heavy atom. The number of hydrogen-bond acceptors (Lipinski definition) is 3. The standard InChI is InChI=1S/C14H13N3S/c1-2-18-13-6-4-3-5-10(13)14-16-11-7-8-15-9-12(11)17-14/h3-9H,2H2,1H3,(H,16,17). The van der Waals surface area contributed by atoms with E-state index in [1.165, 1.54) is 4.90 Å². The van der Waals surface area contributed by atoms with E-state index in [4.69, 9.17) is 0 Å². The van der Waals surface area contributed by atoms with E-state index in [1.807, 2.05) is 23.9 Å². The van der Waals surface area contributed by atoms with Crippen LogP contribution in [-0.4, -0.2) is 20.7 Å². The number of H-pyrrole nitrogens is 1. The smallest absolute Gasteiger partial charge is 0.139 e. The largest absolute Gasteiger partial charge is 0.338 e. The second-order valence-corrected chi connectivity index (χ2v) is 5.21. The Labute approximate surface area is 110 Å². The van der Waals surface area contributed by atoms with Crippen molar-refractivity contribution in [1.82, 2.24) is 15.0 Å². The van der Waals surface area contributed by atoms with Gasteiger partial charge in [0.25, 0.3) is 0 Å². The van der Waals surface area contributed by atoms with Crippen LogP contribution in [0.25, 0.3) is 22.4 Å². The number of fused-ring (bicyclic) bond motifs is 1. The Morgan fingerprint density at radius 1 is 1.22 bits per heavy atom. The van der Waals surface area contributed by atoms with Crippen molar-refractivity contribution >= 4 is 22.8 Å². The number of aromatic amines is 1. The van der Waals surface area contributed by atoms with Crippen LogP contribution in [0.1, 0.15) is 6.92 Å². The van der Waals surface area contributed by atoms with E-state index in [0.29, 0.717) is 0 Å². The molecule has 0 atom stereocenters. The second-order valence-electron chi connectivity index (χ2n) is 3.91. The summed E-state index contributed by atoms with van der Waals surface area (Å²) in [4.78, 5) is 13.3. The summed E-state index contributed by atoms with van der Waals surface area (Å²) in [5.41, 5.74) is 3.08. The van der Waals surface area contributed by atoms with Gasteiger partial charge < -0.3 is 4.98 Å². The Morgan fingerprint density at radius 3 is 2.94 bits per heavy atom. The number of aromatic nitrogens is 3. The highest BCUT2D eigenvalue weighted by Crippen LogP contribution is 2.30. The molecule has 0 saturated heterocycles. The minimum atomic E-state index is 0.906. The molecular formula is C14H13N3S. The third kappa shape index (κ3) is 1.99. The van der Waals surface area contributed by atoms with Gasteiger partial charge in [-0.1, -0.05) is 25.1 Å². The quantitative estimate of drug-likeness (QED) is 0.725. The van der Waals surface area contributed by atoms with Gasteiger partial charge in [0.15, 0.2) is 0 Å². The molecule has 0 saturated carbocycles. The molecule has 3 nitrogen and oxygen atoms in total. The molecule has 0 spiro atoms. The minimum absolute atomic E-state index is 0.906. The molecule has 2 heterocycles. The lowest BCUT2D eigenvalue weighted by Crippen LogP contribution is -1.84. The Kier molecular flexibility index (Phi) is 3.02. The van der Waals surface area contributed by atoms with Crippen LogP contribution in [0.15, 0.2) is 47.6 Å². The highest BCUT2D eigenvalue weighted by molar-refractivity contribution is 7.99. The SMILES string of the molecule is CCSc1ccccc1-c1nc2cnccc2[nH]1. The number of nitrogens with zero attached hydrogens (tertiary/aromatic N) is 2. The molecule has 4 heteroatoms. The van der Waals surface area contributed by atoms with Gasteiger partial charge in [-0.05, 0) is 17.9 Å². The zero-order chi connectivity index (χ0) is 12.4. The van der Waals surface area contributed by atoms with E-state index < -0.39 is 0 Å². The molecule has 0 radical (unpaired) electrons. The number of benzene rings is 1. The van der Waals surface area contributed by atoms with Gasteiger partial charge in [-0.25, -0.2) is 4.98 Å². The van der Waals surface area contributed by atoms with Crippen molar-refractivity contribution in [3.63, 3.8) is 0 Å². The lowest BCUT2D eigenvalue weighted by molar-refractivity contribution is 1.29. The van der Waals surface area contributed by atoms with Crippen LogP contribution < -0.4 is 0 Å². The number of pyridine rings is 1. The Hall–Kier alpha value is -1.81. The third-order valence-electron chi connectivity index (χ3n) is 2.73. The van der Waals surface area contributed by atoms with Gasteiger partial charge in [-0.2, -0.15) is 0 Å². The van der Waals surface area contributed by atoms with Crippen molar-refractivity contribution in [3.8, 4) is 11.4 Å². The van der Waals surface area contributed by atoms with Gasteiger partial charge in [0, 0.05) is 16.7 Å². The van der Waals surface area contributed by atoms with E-state index >= 15 is 0 Å². The van der Waals surface area contributed by atoms with Gasteiger partial charge in [-0.3, -0.25) is 4.98 Å². The van der Waals surface area contributed by atoms with Crippen molar-refractivity contribution in [3.05, 3.63) is 42.7 Å². The molecule has 1 N–H and O–H groups in total. The van der Waals surface area contributed by atoms with Crippen LogP contribution in [0.5, 0.6) is 0 Å². The van der Waals surface area contributed by atoms with Gasteiger partial charge in [0.1, 0.15) is 11.3 Å². The summed E-state index contributed by atoms with van der Waals surface area (Å²) in [6.07, 6.45) is 3.56. The fourth-order valence-electron chi connectivity index (χ4n) is 1.93. The zero-order valence-electron chi connectivity index (χ0n) is 10.1. The van der Waals surface area contributed by atoms with Crippen molar-refractivity contribution in [2.75, 3.05) is 5.75 Å². The molecule has 0 bridgehead atoms. The molecule has 2 aromatic heterocycles. The lowest BCUT2D eigenvalue weighted by Gasteiger charge is -2.04. The highest BCUT2D eigenvalue weighted by atomic mass is 32.2. The summed E-state index contributed by atoms with van der Waals surface area (Å²) in [5.74, 6) is 1.97. The predicted octanol–water partition coefficient (Wildman–Crippen LogP) is 3.74. The maximum Gasteiger partial charge on any atom is 0.139 e. The van der Waals surface area contributed by atoms with Crippen LogP contribution in [0, 0.1) is 0 Å². The summed E-state index contributed by atoms with van der Waals surface area (Å²) in [6.45, 7) is 2.16. The number of nitrogens with one attached hydrogen (secondary N) is 1. The molecule has 0 aliphatic heterocycles.